The summed E-state index contributed by atoms with van der Waals surface area (Å²) in [5, 5.41) is 75.5. The van der Waals surface area contributed by atoms with E-state index in [2.05, 4.69) is 15.4 Å². The van der Waals surface area contributed by atoms with Gasteiger partial charge in [0.15, 0.2) is 0 Å². The molecule has 16 heteroatoms. The van der Waals surface area contributed by atoms with E-state index in [0.717, 1.165) is 11.8 Å². The van der Waals surface area contributed by atoms with E-state index in [0.29, 0.717) is 16.8 Å². The van der Waals surface area contributed by atoms with Gasteiger partial charge in [-0.15, -0.1) is 5.10 Å². The number of H-pyrrole nitrogens is 1. The van der Waals surface area contributed by atoms with Crippen LogP contribution in [0.3, 0.4) is 0 Å². The third-order valence-corrected chi connectivity index (χ3v) is 9.19. The highest BCUT2D eigenvalue weighted by Crippen LogP contribution is 2.42. The molecule has 7 N–H and O–H groups in total. The zero-order valence-corrected chi connectivity index (χ0v) is 23.7. The number of thioether (sulfide) groups is 1. The van der Waals surface area contributed by atoms with Crippen LogP contribution in [0.15, 0.2) is 60.9 Å². The Bertz CT molecular complexity index is 1560. The lowest BCUT2D eigenvalue weighted by Gasteiger charge is -2.47. The van der Waals surface area contributed by atoms with Crippen molar-refractivity contribution in [3.63, 3.8) is 0 Å². The van der Waals surface area contributed by atoms with Crippen LogP contribution >= 0.6 is 11.8 Å². The van der Waals surface area contributed by atoms with E-state index < -0.39 is 84.4 Å². The second-order valence-corrected chi connectivity index (χ2v) is 11.9. The highest BCUT2D eigenvalue weighted by molar-refractivity contribution is 8.00. The van der Waals surface area contributed by atoms with Gasteiger partial charge in [0.05, 0.1) is 25.1 Å². The smallest absolute Gasteiger partial charge is 0.134 e. The maximum absolute atomic E-state index is 13.8. The molecule has 13 nitrogen and oxygen atoms in total. The van der Waals surface area contributed by atoms with E-state index in [1.165, 1.54) is 45.9 Å². The zero-order valence-electron chi connectivity index (χ0n) is 22.9. The molecule has 10 atom stereocenters. The van der Waals surface area contributed by atoms with Gasteiger partial charge >= 0.3 is 0 Å². The molecule has 44 heavy (non-hydrogen) atoms. The summed E-state index contributed by atoms with van der Waals surface area (Å²) >= 11 is 0.834. The number of rotatable bonds is 8. The fourth-order valence-corrected chi connectivity index (χ4v) is 6.89. The second kappa shape index (κ2) is 12.7. The Morgan fingerprint density at radius 2 is 1.32 bits per heavy atom. The van der Waals surface area contributed by atoms with Gasteiger partial charge in [-0.3, -0.25) is 9.78 Å². The molecule has 236 valence electrons. The molecule has 2 aromatic carbocycles. The van der Waals surface area contributed by atoms with Gasteiger partial charge in [-0.05, 0) is 24.3 Å². The molecule has 4 heterocycles. The molecular formula is C28H31F2N5O8S. The third-order valence-electron chi connectivity index (χ3n) is 7.88. The van der Waals surface area contributed by atoms with Crippen molar-refractivity contribution in [3.05, 3.63) is 72.6 Å². The van der Waals surface area contributed by atoms with Gasteiger partial charge < -0.3 is 40.1 Å². The molecule has 0 aliphatic carbocycles. The van der Waals surface area contributed by atoms with E-state index in [-0.39, 0.29) is 5.69 Å². The Labute approximate surface area is 253 Å². The van der Waals surface area contributed by atoms with Gasteiger partial charge in [-0.1, -0.05) is 41.2 Å². The Morgan fingerprint density at radius 1 is 0.773 bits per heavy atom. The van der Waals surface area contributed by atoms with Crippen molar-refractivity contribution in [2.24, 2.45) is 0 Å². The number of hydrogen-bond acceptors (Lipinski definition) is 11. The summed E-state index contributed by atoms with van der Waals surface area (Å²) < 4.78 is 41.7. The lowest BCUT2D eigenvalue weighted by atomic mass is 9.97. The first-order valence-corrected chi connectivity index (χ1v) is 14.7. The van der Waals surface area contributed by atoms with Crippen LogP contribution in [-0.4, -0.2) is 116 Å². The van der Waals surface area contributed by atoms with Crippen molar-refractivity contribution < 1.29 is 48.9 Å². The van der Waals surface area contributed by atoms with E-state index in [9.17, 15) is 39.4 Å². The maximum atomic E-state index is 13.8. The molecule has 2 fully saturated rings. The number of aliphatic hydroxyl groups excluding tert-OH is 6. The topological polar surface area (TPSA) is 191 Å². The van der Waals surface area contributed by atoms with Crippen LogP contribution in [0.1, 0.15) is 12.1 Å². The van der Waals surface area contributed by atoms with Crippen molar-refractivity contribution >= 4 is 11.8 Å². The fraction of sp³-hybridized carbons (Fsp3) is 0.429. The van der Waals surface area contributed by atoms with Crippen LogP contribution in [0.2, 0.25) is 0 Å². The summed E-state index contributed by atoms with van der Waals surface area (Å²) in [6.45, 7) is -1.21. The summed E-state index contributed by atoms with van der Waals surface area (Å²) in [7, 11) is 0. The normalized spacial score (nSPS) is 32.6. The highest BCUT2D eigenvalue weighted by Gasteiger charge is 2.51. The van der Waals surface area contributed by atoms with Crippen LogP contribution in [-0.2, 0) is 9.47 Å². The van der Waals surface area contributed by atoms with Crippen LogP contribution in [0.4, 0.5) is 8.78 Å². The minimum atomic E-state index is -1.48. The number of ether oxygens (including phenoxy) is 2. The molecule has 2 saturated heterocycles. The molecule has 2 aliphatic rings. The minimum Gasteiger partial charge on any atom is -0.394 e. The summed E-state index contributed by atoms with van der Waals surface area (Å²) in [5.74, 6) is -0.914. The number of nitrogens with one attached hydrogen (secondary N) is 1. The molecule has 2 aliphatic heterocycles. The molecule has 4 aromatic rings. The molecule has 0 spiro atoms. The quantitative estimate of drug-likeness (QED) is 0.142. The van der Waals surface area contributed by atoms with Crippen molar-refractivity contribution in [2.75, 3.05) is 13.2 Å². The van der Waals surface area contributed by atoms with Crippen molar-refractivity contribution in [1.29, 1.82) is 0 Å². The van der Waals surface area contributed by atoms with Gasteiger partial charge in [0.25, 0.3) is 0 Å². The van der Waals surface area contributed by atoms with Crippen molar-refractivity contribution in [3.8, 4) is 22.5 Å². The summed E-state index contributed by atoms with van der Waals surface area (Å²) in [6, 6.07) is 9.32. The third kappa shape index (κ3) is 5.80. The molecule has 0 amide bonds. The zero-order chi connectivity index (χ0) is 31.1. The monoisotopic (exact) mass is 635 g/mol. The lowest BCUT2D eigenvalue weighted by Crippen LogP contribution is -2.58. The fourth-order valence-electron chi connectivity index (χ4n) is 5.57. The predicted molar refractivity (Wildman–Crippen MR) is 151 cm³/mol. The van der Waals surface area contributed by atoms with E-state index in [1.54, 1.807) is 24.4 Å². The number of aliphatic hydroxyl groups is 6. The van der Waals surface area contributed by atoms with Crippen LogP contribution in [0.5, 0.6) is 0 Å². The number of nitrogens with zero attached hydrogens (tertiary/aromatic N) is 4. The molecule has 2 aromatic heterocycles. The van der Waals surface area contributed by atoms with Gasteiger partial charge in [0, 0.05) is 17.3 Å². The molecule has 0 radical (unpaired) electrons. The lowest BCUT2D eigenvalue weighted by molar-refractivity contribution is -0.189. The van der Waals surface area contributed by atoms with Crippen molar-refractivity contribution in [1.82, 2.24) is 24.8 Å². The van der Waals surface area contributed by atoms with Crippen LogP contribution in [0, 0.1) is 11.6 Å². The minimum absolute atomic E-state index is 0.279. The first kappa shape index (κ1) is 30.8. The molecule has 6 rings (SSSR count). The number of benzene rings is 2. The van der Waals surface area contributed by atoms with Gasteiger partial charge in [-0.25, -0.2) is 13.5 Å². The van der Waals surface area contributed by atoms with E-state index in [4.69, 9.17) is 9.47 Å². The predicted octanol–water partition coefficient (Wildman–Crippen LogP) is 0.413. The first-order valence-electron chi connectivity index (χ1n) is 13.8. The Kier molecular flexibility index (Phi) is 8.87. The van der Waals surface area contributed by atoms with Crippen LogP contribution < -0.4 is 0 Å². The summed E-state index contributed by atoms with van der Waals surface area (Å²) in [5.41, 5.74) is -0.568. The van der Waals surface area contributed by atoms with Gasteiger partial charge in [0.1, 0.15) is 76.9 Å². The molecule has 0 bridgehead atoms. The SMILES string of the molecule is OCC1O[C@@H](S[C@@H]2O[C@H](CO)C(O)C(n3cc(-c4cccc(F)c4)nn3)[C@H]2O)[C@@H](O)C(n2cc(-c3cccc(F)c3)[nH]2)[C@H]1O. The number of halogens is 2. The van der Waals surface area contributed by atoms with Crippen molar-refractivity contribution in [2.45, 2.75) is 59.6 Å². The maximum Gasteiger partial charge on any atom is 0.134 e. The van der Waals surface area contributed by atoms with E-state index in [1.807, 2.05) is 0 Å². The molecule has 0 saturated carbocycles. The second-order valence-electron chi connectivity index (χ2n) is 10.7. The number of hydrogen-bond donors (Lipinski definition) is 7. The number of aromatic nitrogens is 5. The average molecular weight is 636 g/mol. The Balaban J connectivity index is 1.23. The first-order chi connectivity index (χ1) is 21.2. The standard InChI is InChI=1S/C28H31F2N5O8S/c29-15-5-1-3-13(7-15)17-9-35(33-31-17)22-24(39)20(12-37)43-28(26(22)41)44-27-25(40)21(23(38)19(11-36)42-27)34-10-18(32-34)14-4-2-6-16(30)8-14/h1-10,19-28,32,36-41H,11-12H2/t19?,20-,21?,22?,23+,24?,25+,26-,27+,28+/m1/s1. The van der Waals surface area contributed by atoms with Gasteiger partial charge in [-0.2, -0.15) is 0 Å². The summed E-state index contributed by atoms with van der Waals surface area (Å²) in [4.78, 5) is 0. The van der Waals surface area contributed by atoms with Gasteiger partial charge in [0.2, 0.25) is 0 Å². The number of aromatic amines is 1. The highest BCUT2D eigenvalue weighted by atomic mass is 32.2. The van der Waals surface area contributed by atoms with Crippen LogP contribution in [0.25, 0.3) is 22.5 Å². The largest absolute Gasteiger partial charge is 0.394 e. The Morgan fingerprint density at radius 3 is 1.91 bits per heavy atom. The summed E-state index contributed by atoms with van der Waals surface area (Å²) in [6.07, 6.45) is -4.97. The van der Waals surface area contributed by atoms with E-state index >= 15 is 0 Å². The molecule has 4 unspecified atom stereocenters. The Hall–Kier alpha value is -3.19. The average Bonchev–Trinajstić information content (AvgIpc) is 3.47. The molecular weight excluding hydrogens is 604 g/mol.